The number of nitrogen functional groups attached to an aromatic ring is 1. The Hall–Kier alpha value is -2.42. The molecule has 1 aliphatic rings. The van der Waals surface area contributed by atoms with Gasteiger partial charge in [-0.1, -0.05) is 11.6 Å². The van der Waals surface area contributed by atoms with Crippen molar-refractivity contribution in [1.29, 1.82) is 0 Å². The number of rotatable bonds is 6. The summed E-state index contributed by atoms with van der Waals surface area (Å²) in [6.45, 7) is 2.18. The van der Waals surface area contributed by atoms with Crippen LogP contribution in [0.3, 0.4) is 0 Å². The van der Waals surface area contributed by atoms with Crippen LogP contribution in [-0.2, 0) is 11.3 Å². The van der Waals surface area contributed by atoms with Crippen LogP contribution in [0.5, 0.6) is 5.75 Å². The Morgan fingerprint density at radius 1 is 1.39 bits per heavy atom. The van der Waals surface area contributed by atoms with Crippen LogP contribution in [0.15, 0.2) is 30.7 Å². The standard InChI is InChI=1S/C19H24ClN5O3/c1-27-17-8-15(21)14(20)7-13(17)19(26)24-16-3-6-25(11-18(16)28-2)10-12-9-22-4-5-23-12/h4-5,7-9,16,18H,3,6,10-11,21H2,1-2H3,(H,24,26). The number of nitrogens with one attached hydrogen (secondary N) is 1. The minimum Gasteiger partial charge on any atom is -0.496 e. The van der Waals surface area contributed by atoms with E-state index in [-0.39, 0.29) is 18.1 Å². The summed E-state index contributed by atoms with van der Waals surface area (Å²) in [5.41, 5.74) is 7.41. The first-order valence-corrected chi connectivity index (χ1v) is 9.33. The summed E-state index contributed by atoms with van der Waals surface area (Å²) in [6.07, 6.45) is 5.69. The molecule has 2 aromatic rings. The lowest BCUT2D eigenvalue weighted by molar-refractivity contribution is 0.00350. The van der Waals surface area contributed by atoms with Gasteiger partial charge in [0, 0.05) is 51.4 Å². The summed E-state index contributed by atoms with van der Waals surface area (Å²) in [5, 5.41) is 3.36. The van der Waals surface area contributed by atoms with Gasteiger partial charge in [-0.3, -0.25) is 19.7 Å². The topological polar surface area (TPSA) is 103 Å². The van der Waals surface area contributed by atoms with Gasteiger partial charge in [0.15, 0.2) is 0 Å². The zero-order chi connectivity index (χ0) is 20.1. The fraction of sp³-hybridized carbons (Fsp3) is 0.421. The van der Waals surface area contributed by atoms with Crippen molar-refractivity contribution in [2.24, 2.45) is 0 Å². The average Bonchev–Trinajstić information content (AvgIpc) is 2.71. The SMILES string of the molecule is COc1cc(N)c(Cl)cc1C(=O)NC1CCN(Cc2cnccn2)CC1OC. The molecule has 1 aromatic carbocycles. The van der Waals surface area contributed by atoms with E-state index in [0.29, 0.717) is 35.1 Å². The van der Waals surface area contributed by atoms with Crippen LogP contribution in [0.4, 0.5) is 5.69 Å². The summed E-state index contributed by atoms with van der Waals surface area (Å²) < 4.78 is 10.9. The molecule has 2 heterocycles. The number of aromatic nitrogens is 2. The number of ether oxygens (including phenoxy) is 2. The fourth-order valence-electron chi connectivity index (χ4n) is 3.33. The van der Waals surface area contributed by atoms with Gasteiger partial charge in [0.2, 0.25) is 0 Å². The highest BCUT2D eigenvalue weighted by atomic mass is 35.5. The maximum absolute atomic E-state index is 12.8. The normalized spacial score (nSPS) is 20.0. The maximum Gasteiger partial charge on any atom is 0.255 e. The molecule has 0 bridgehead atoms. The molecule has 0 radical (unpaired) electrons. The van der Waals surface area contributed by atoms with Crippen molar-refractivity contribution in [3.05, 3.63) is 47.0 Å². The van der Waals surface area contributed by atoms with Crippen molar-refractivity contribution in [3.8, 4) is 5.75 Å². The molecule has 1 amide bonds. The third-order valence-electron chi connectivity index (χ3n) is 4.83. The predicted molar refractivity (Wildman–Crippen MR) is 106 cm³/mol. The number of amides is 1. The van der Waals surface area contributed by atoms with Crippen LogP contribution in [0.2, 0.25) is 5.02 Å². The van der Waals surface area contributed by atoms with Gasteiger partial charge in [-0.25, -0.2) is 0 Å². The van der Waals surface area contributed by atoms with Crippen molar-refractivity contribution in [2.75, 3.05) is 33.0 Å². The van der Waals surface area contributed by atoms with Crippen LogP contribution >= 0.6 is 11.6 Å². The van der Waals surface area contributed by atoms with Crippen LogP contribution in [0.1, 0.15) is 22.5 Å². The zero-order valence-corrected chi connectivity index (χ0v) is 16.6. The van der Waals surface area contributed by atoms with Crippen molar-refractivity contribution in [1.82, 2.24) is 20.2 Å². The molecule has 2 atom stereocenters. The monoisotopic (exact) mass is 405 g/mol. The number of methoxy groups -OCH3 is 2. The smallest absolute Gasteiger partial charge is 0.255 e. The van der Waals surface area contributed by atoms with E-state index >= 15 is 0 Å². The lowest BCUT2D eigenvalue weighted by Crippen LogP contribution is -2.54. The van der Waals surface area contributed by atoms with Crippen molar-refractivity contribution >= 4 is 23.2 Å². The van der Waals surface area contributed by atoms with Crippen LogP contribution in [0, 0.1) is 0 Å². The Morgan fingerprint density at radius 3 is 2.89 bits per heavy atom. The molecule has 1 fully saturated rings. The summed E-state index contributed by atoms with van der Waals surface area (Å²) in [6, 6.07) is 2.95. The number of nitrogens with two attached hydrogens (primary N) is 1. The van der Waals surface area contributed by atoms with E-state index in [2.05, 4.69) is 20.2 Å². The quantitative estimate of drug-likeness (QED) is 0.705. The lowest BCUT2D eigenvalue weighted by Gasteiger charge is -2.38. The van der Waals surface area contributed by atoms with E-state index in [9.17, 15) is 4.79 Å². The summed E-state index contributed by atoms with van der Waals surface area (Å²) in [5.74, 6) is 0.113. The Labute approximate surface area is 169 Å². The number of carbonyl (C=O) groups is 1. The Balaban J connectivity index is 1.66. The van der Waals surface area contributed by atoms with Crippen LogP contribution in [0.25, 0.3) is 0 Å². The largest absolute Gasteiger partial charge is 0.496 e. The van der Waals surface area contributed by atoms with Gasteiger partial charge >= 0.3 is 0 Å². The molecule has 1 aliphatic heterocycles. The Kier molecular flexibility index (Phi) is 6.66. The third-order valence-corrected chi connectivity index (χ3v) is 5.16. The lowest BCUT2D eigenvalue weighted by atomic mass is 10.0. The number of hydrogen-bond donors (Lipinski definition) is 2. The number of piperidine rings is 1. The number of carbonyl (C=O) groups excluding carboxylic acids is 1. The van der Waals surface area contributed by atoms with Crippen molar-refractivity contribution < 1.29 is 14.3 Å². The maximum atomic E-state index is 12.8. The summed E-state index contributed by atoms with van der Waals surface area (Å²) in [7, 11) is 3.14. The highest BCUT2D eigenvalue weighted by Crippen LogP contribution is 2.29. The van der Waals surface area contributed by atoms with Crippen molar-refractivity contribution in [2.45, 2.75) is 25.1 Å². The van der Waals surface area contributed by atoms with Gasteiger partial charge in [0.05, 0.1) is 41.2 Å². The van der Waals surface area contributed by atoms with Crippen LogP contribution in [-0.4, -0.2) is 60.2 Å². The van der Waals surface area contributed by atoms with E-state index in [0.717, 1.165) is 18.7 Å². The number of anilines is 1. The molecule has 150 valence electrons. The van der Waals surface area contributed by atoms with Crippen molar-refractivity contribution in [3.63, 3.8) is 0 Å². The van der Waals surface area contributed by atoms with Gasteiger partial charge in [-0.15, -0.1) is 0 Å². The van der Waals surface area contributed by atoms with E-state index in [1.807, 2.05) is 0 Å². The van der Waals surface area contributed by atoms with Gasteiger partial charge in [0.25, 0.3) is 5.91 Å². The number of hydrogen-bond acceptors (Lipinski definition) is 7. The molecule has 3 N–H and O–H groups in total. The highest BCUT2D eigenvalue weighted by Gasteiger charge is 2.31. The minimum atomic E-state index is -0.270. The molecule has 0 aliphatic carbocycles. The van der Waals surface area contributed by atoms with Gasteiger partial charge < -0.3 is 20.5 Å². The summed E-state index contributed by atoms with van der Waals surface area (Å²) >= 11 is 6.08. The second-order valence-corrected chi connectivity index (χ2v) is 7.06. The molecule has 28 heavy (non-hydrogen) atoms. The predicted octanol–water partition coefficient (Wildman–Crippen LogP) is 1.74. The molecule has 1 saturated heterocycles. The second kappa shape index (κ2) is 9.18. The number of nitrogens with zero attached hydrogens (tertiary/aromatic N) is 3. The van der Waals surface area contributed by atoms with Gasteiger partial charge in [-0.05, 0) is 12.5 Å². The molecule has 9 heteroatoms. The van der Waals surface area contributed by atoms with E-state index < -0.39 is 0 Å². The fourth-order valence-corrected chi connectivity index (χ4v) is 3.49. The number of benzene rings is 1. The summed E-state index contributed by atoms with van der Waals surface area (Å²) in [4.78, 5) is 23.5. The average molecular weight is 406 g/mol. The molecular formula is C19H24ClN5O3. The first-order chi connectivity index (χ1) is 13.5. The van der Waals surface area contributed by atoms with Gasteiger partial charge in [-0.2, -0.15) is 0 Å². The third kappa shape index (κ3) is 4.70. The van der Waals surface area contributed by atoms with Crippen LogP contribution < -0.4 is 15.8 Å². The van der Waals surface area contributed by atoms with Gasteiger partial charge in [0.1, 0.15) is 5.75 Å². The molecule has 3 rings (SSSR count). The molecule has 2 unspecified atom stereocenters. The first kappa shape index (κ1) is 20.3. The minimum absolute atomic E-state index is 0.128. The van der Waals surface area contributed by atoms with E-state index in [1.165, 1.54) is 13.2 Å². The van der Waals surface area contributed by atoms with E-state index in [4.69, 9.17) is 26.8 Å². The second-order valence-electron chi connectivity index (χ2n) is 6.65. The zero-order valence-electron chi connectivity index (χ0n) is 15.9. The molecule has 8 nitrogen and oxygen atoms in total. The molecule has 0 spiro atoms. The Bertz CT molecular complexity index is 821. The Morgan fingerprint density at radius 2 is 2.21 bits per heavy atom. The molecule has 1 aromatic heterocycles. The van der Waals surface area contributed by atoms with E-state index in [1.54, 1.807) is 31.8 Å². The first-order valence-electron chi connectivity index (χ1n) is 8.95. The number of halogens is 1. The highest BCUT2D eigenvalue weighted by molar-refractivity contribution is 6.33. The molecular weight excluding hydrogens is 382 g/mol. The molecule has 0 saturated carbocycles. The number of likely N-dealkylation sites (tertiary alicyclic amines) is 1.